The smallest absolute Gasteiger partial charge is 0.280 e. The van der Waals surface area contributed by atoms with E-state index in [4.69, 9.17) is 4.52 Å². The number of hydrogen-bond acceptors (Lipinski definition) is 5. The third kappa shape index (κ3) is 3.38. The van der Waals surface area contributed by atoms with E-state index in [1.807, 2.05) is 30.3 Å². The Hall–Kier alpha value is -2.93. The van der Waals surface area contributed by atoms with Crippen molar-refractivity contribution in [2.24, 2.45) is 0 Å². The van der Waals surface area contributed by atoms with Gasteiger partial charge in [-0.3, -0.25) is 4.79 Å². The number of carbonyl (C=O) groups is 1. The van der Waals surface area contributed by atoms with Crippen molar-refractivity contribution in [3.8, 4) is 11.3 Å². The van der Waals surface area contributed by atoms with Crippen LogP contribution in [0.5, 0.6) is 0 Å². The van der Waals surface area contributed by atoms with E-state index in [-0.39, 0.29) is 16.5 Å². The summed E-state index contributed by atoms with van der Waals surface area (Å²) in [7, 11) is -3.28. The quantitative estimate of drug-likeness (QED) is 0.694. The lowest BCUT2D eigenvalue weighted by Crippen LogP contribution is -2.35. The summed E-state index contributed by atoms with van der Waals surface area (Å²) in [5, 5.41) is 3.94. The van der Waals surface area contributed by atoms with Gasteiger partial charge in [-0.15, -0.1) is 0 Å². The number of nitrogens with zero attached hydrogens (tertiary/aromatic N) is 2. The number of carbonyl (C=O) groups excluding carboxylic acids is 1. The summed E-state index contributed by atoms with van der Waals surface area (Å²) >= 11 is 0. The summed E-state index contributed by atoms with van der Waals surface area (Å²) in [5.41, 5.74) is 2.65. The van der Waals surface area contributed by atoms with Crippen LogP contribution in [0.1, 0.15) is 22.5 Å². The fraction of sp³-hybridized carbons (Fsp3) is 0.200. The fourth-order valence-electron chi connectivity index (χ4n) is 3.27. The van der Waals surface area contributed by atoms with Crippen LogP contribution in [-0.4, -0.2) is 32.3 Å². The highest BCUT2D eigenvalue weighted by Crippen LogP contribution is 2.31. The molecule has 27 heavy (non-hydrogen) atoms. The highest BCUT2D eigenvalue weighted by molar-refractivity contribution is 7.90. The Balaban J connectivity index is 1.66. The molecule has 138 valence electrons. The Morgan fingerprint density at radius 2 is 1.89 bits per heavy atom. The van der Waals surface area contributed by atoms with Crippen molar-refractivity contribution in [2.45, 2.75) is 17.7 Å². The third-order valence-electron chi connectivity index (χ3n) is 4.63. The second kappa shape index (κ2) is 6.66. The maximum Gasteiger partial charge on any atom is 0.280 e. The fourth-order valence-corrected chi connectivity index (χ4v) is 3.94. The SMILES string of the molecule is CS(=O)(=O)c1ccc2c(c1)CCCN2C(=O)c1cc(-c2ccccc2)on1. The van der Waals surface area contributed by atoms with Gasteiger partial charge in [0.1, 0.15) is 0 Å². The van der Waals surface area contributed by atoms with Gasteiger partial charge in [0.2, 0.25) is 0 Å². The molecule has 0 spiro atoms. The average molecular weight is 382 g/mol. The molecule has 0 radical (unpaired) electrons. The van der Waals surface area contributed by atoms with Gasteiger partial charge in [-0.2, -0.15) is 0 Å². The maximum absolute atomic E-state index is 13.0. The van der Waals surface area contributed by atoms with Gasteiger partial charge in [0.15, 0.2) is 21.3 Å². The number of benzene rings is 2. The van der Waals surface area contributed by atoms with Crippen molar-refractivity contribution < 1.29 is 17.7 Å². The molecule has 0 saturated heterocycles. The molecule has 1 aliphatic heterocycles. The third-order valence-corrected chi connectivity index (χ3v) is 5.74. The van der Waals surface area contributed by atoms with E-state index < -0.39 is 9.84 Å². The molecule has 4 rings (SSSR count). The molecular weight excluding hydrogens is 364 g/mol. The van der Waals surface area contributed by atoms with Crippen molar-refractivity contribution in [1.82, 2.24) is 5.16 Å². The number of hydrogen-bond donors (Lipinski definition) is 0. The van der Waals surface area contributed by atoms with Crippen molar-refractivity contribution >= 4 is 21.4 Å². The highest BCUT2D eigenvalue weighted by Gasteiger charge is 2.27. The first kappa shape index (κ1) is 17.5. The lowest BCUT2D eigenvalue weighted by molar-refractivity contribution is 0.0976. The standard InChI is InChI=1S/C20H18N2O4S/c1-27(24,25)16-9-10-18-15(12-16)8-5-11-22(18)20(23)17-13-19(26-21-17)14-6-3-2-4-7-14/h2-4,6-7,9-10,12-13H,5,8,11H2,1H3. The molecule has 1 aliphatic rings. The minimum atomic E-state index is -3.28. The Labute approximate surface area is 157 Å². The molecule has 0 unspecified atom stereocenters. The van der Waals surface area contributed by atoms with Gasteiger partial charge in [-0.05, 0) is 36.6 Å². The highest BCUT2D eigenvalue weighted by atomic mass is 32.2. The first-order chi connectivity index (χ1) is 12.9. The van der Waals surface area contributed by atoms with Crippen molar-refractivity contribution in [3.05, 3.63) is 65.9 Å². The zero-order valence-electron chi connectivity index (χ0n) is 14.8. The van der Waals surface area contributed by atoms with Crippen LogP contribution in [0.25, 0.3) is 11.3 Å². The minimum absolute atomic E-state index is 0.230. The van der Waals surface area contributed by atoms with Crippen LogP contribution in [-0.2, 0) is 16.3 Å². The molecule has 0 atom stereocenters. The molecule has 3 aromatic rings. The minimum Gasteiger partial charge on any atom is -0.355 e. The average Bonchev–Trinajstić information content (AvgIpc) is 3.17. The number of anilines is 1. The molecule has 1 aromatic heterocycles. The van der Waals surface area contributed by atoms with Crippen LogP contribution in [0.15, 0.2) is 64.0 Å². The molecule has 2 aromatic carbocycles. The monoisotopic (exact) mass is 382 g/mol. The molecule has 0 N–H and O–H groups in total. The number of amides is 1. The predicted octanol–water partition coefficient (Wildman–Crippen LogP) is 3.34. The molecule has 6 nitrogen and oxygen atoms in total. The topological polar surface area (TPSA) is 80.5 Å². The van der Waals surface area contributed by atoms with Gasteiger partial charge < -0.3 is 9.42 Å². The lowest BCUT2D eigenvalue weighted by atomic mass is 10.0. The lowest BCUT2D eigenvalue weighted by Gasteiger charge is -2.29. The summed E-state index contributed by atoms with van der Waals surface area (Å²) in [6.45, 7) is 0.553. The van der Waals surface area contributed by atoms with Gasteiger partial charge in [-0.25, -0.2) is 8.42 Å². The number of fused-ring (bicyclic) bond motifs is 1. The van der Waals surface area contributed by atoms with Gasteiger partial charge in [-0.1, -0.05) is 35.5 Å². The van der Waals surface area contributed by atoms with E-state index in [2.05, 4.69) is 5.16 Å². The first-order valence-corrected chi connectivity index (χ1v) is 10.5. The van der Waals surface area contributed by atoms with Crippen LogP contribution in [0.4, 0.5) is 5.69 Å². The summed E-state index contributed by atoms with van der Waals surface area (Å²) in [4.78, 5) is 14.9. The van der Waals surface area contributed by atoms with E-state index in [0.29, 0.717) is 12.3 Å². The second-order valence-corrected chi connectivity index (χ2v) is 8.58. The maximum atomic E-state index is 13.0. The Morgan fingerprint density at radius 1 is 1.11 bits per heavy atom. The molecule has 0 saturated carbocycles. The second-order valence-electron chi connectivity index (χ2n) is 6.57. The van der Waals surface area contributed by atoms with Crippen LogP contribution in [0, 0.1) is 0 Å². The van der Waals surface area contributed by atoms with Crippen LogP contribution >= 0.6 is 0 Å². The molecule has 0 aliphatic carbocycles. The predicted molar refractivity (Wildman–Crippen MR) is 101 cm³/mol. The zero-order valence-corrected chi connectivity index (χ0v) is 15.6. The van der Waals surface area contributed by atoms with E-state index in [9.17, 15) is 13.2 Å². The molecular formula is C20H18N2O4S. The zero-order chi connectivity index (χ0) is 19.0. The number of sulfone groups is 1. The van der Waals surface area contributed by atoms with E-state index >= 15 is 0 Å². The number of aromatic nitrogens is 1. The van der Waals surface area contributed by atoms with Gasteiger partial charge in [0, 0.05) is 30.1 Å². The van der Waals surface area contributed by atoms with Crippen LogP contribution in [0.2, 0.25) is 0 Å². The Morgan fingerprint density at radius 3 is 2.63 bits per heavy atom. The Kier molecular flexibility index (Phi) is 4.31. The van der Waals surface area contributed by atoms with Gasteiger partial charge in [0.25, 0.3) is 5.91 Å². The molecule has 7 heteroatoms. The first-order valence-electron chi connectivity index (χ1n) is 8.60. The number of aryl methyl sites for hydroxylation is 1. The van der Waals surface area contributed by atoms with Gasteiger partial charge >= 0.3 is 0 Å². The summed E-state index contributed by atoms with van der Waals surface area (Å²) in [5.74, 6) is 0.276. The normalized spacial score (nSPS) is 14.0. The van der Waals surface area contributed by atoms with E-state index in [1.54, 1.807) is 23.1 Å². The molecule has 0 fully saturated rings. The van der Waals surface area contributed by atoms with E-state index in [1.165, 1.54) is 12.3 Å². The summed E-state index contributed by atoms with van der Waals surface area (Å²) < 4.78 is 28.9. The van der Waals surface area contributed by atoms with Crippen molar-refractivity contribution in [2.75, 3.05) is 17.7 Å². The van der Waals surface area contributed by atoms with Gasteiger partial charge in [0.05, 0.1) is 4.90 Å². The van der Waals surface area contributed by atoms with E-state index in [0.717, 1.165) is 29.7 Å². The van der Waals surface area contributed by atoms with Crippen molar-refractivity contribution in [1.29, 1.82) is 0 Å². The van der Waals surface area contributed by atoms with Crippen LogP contribution in [0.3, 0.4) is 0 Å². The number of rotatable bonds is 3. The molecule has 1 amide bonds. The Bertz CT molecular complexity index is 1100. The molecule has 0 bridgehead atoms. The van der Waals surface area contributed by atoms with Crippen molar-refractivity contribution in [3.63, 3.8) is 0 Å². The van der Waals surface area contributed by atoms with Crippen LogP contribution < -0.4 is 4.90 Å². The summed E-state index contributed by atoms with van der Waals surface area (Å²) in [6, 6.07) is 16.0. The molecule has 2 heterocycles. The largest absolute Gasteiger partial charge is 0.355 e. The summed E-state index contributed by atoms with van der Waals surface area (Å²) in [6.07, 6.45) is 2.67.